The van der Waals surface area contributed by atoms with Gasteiger partial charge in [0.05, 0.1) is 19.2 Å². The van der Waals surface area contributed by atoms with E-state index >= 15 is 0 Å². The SMILES string of the molecule is COc1ccc(C(CN(C)C)N2CCNCC2)c(Cl)c1OC. The van der Waals surface area contributed by atoms with Gasteiger partial charge in [0.15, 0.2) is 11.5 Å². The van der Waals surface area contributed by atoms with Crippen LogP contribution in [0.15, 0.2) is 12.1 Å². The molecular formula is C16H26ClN3O2. The van der Waals surface area contributed by atoms with Crippen molar-refractivity contribution >= 4 is 11.6 Å². The largest absolute Gasteiger partial charge is 0.493 e. The molecule has 1 aliphatic rings. The molecule has 0 amide bonds. The van der Waals surface area contributed by atoms with Crippen molar-refractivity contribution in [2.75, 3.05) is 61.0 Å². The molecular weight excluding hydrogens is 302 g/mol. The fourth-order valence-corrected chi connectivity index (χ4v) is 3.27. The Morgan fingerprint density at radius 2 is 1.91 bits per heavy atom. The first-order valence-corrected chi connectivity index (χ1v) is 7.96. The smallest absolute Gasteiger partial charge is 0.179 e. The van der Waals surface area contributed by atoms with Gasteiger partial charge in [0, 0.05) is 38.8 Å². The van der Waals surface area contributed by atoms with Crippen LogP contribution < -0.4 is 14.8 Å². The molecule has 0 aromatic heterocycles. The Hall–Kier alpha value is -1.01. The van der Waals surface area contributed by atoms with E-state index in [-0.39, 0.29) is 6.04 Å². The van der Waals surface area contributed by atoms with Crippen LogP contribution in [-0.4, -0.2) is 70.8 Å². The third kappa shape index (κ3) is 3.84. The highest BCUT2D eigenvalue weighted by Crippen LogP contribution is 2.41. The number of piperazine rings is 1. The molecule has 0 radical (unpaired) electrons. The molecule has 2 rings (SSSR count). The van der Waals surface area contributed by atoms with Crippen LogP contribution in [0.2, 0.25) is 5.02 Å². The molecule has 1 fully saturated rings. The maximum absolute atomic E-state index is 6.62. The number of benzene rings is 1. The third-order valence-electron chi connectivity index (χ3n) is 4.00. The summed E-state index contributed by atoms with van der Waals surface area (Å²) in [6, 6.07) is 4.23. The zero-order valence-electron chi connectivity index (χ0n) is 13.9. The van der Waals surface area contributed by atoms with Gasteiger partial charge in [-0.15, -0.1) is 0 Å². The van der Waals surface area contributed by atoms with E-state index in [1.54, 1.807) is 14.2 Å². The normalized spacial score (nSPS) is 17.5. The molecule has 0 saturated carbocycles. The van der Waals surface area contributed by atoms with E-state index < -0.39 is 0 Å². The molecule has 1 aliphatic heterocycles. The number of halogens is 1. The predicted octanol–water partition coefficient (Wildman–Crippen LogP) is 1.87. The summed E-state index contributed by atoms with van der Waals surface area (Å²) in [5.74, 6) is 1.28. The summed E-state index contributed by atoms with van der Waals surface area (Å²) < 4.78 is 10.8. The van der Waals surface area contributed by atoms with Gasteiger partial charge < -0.3 is 19.7 Å². The van der Waals surface area contributed by atoms with Gasteiger partial charge in [0.2, 0.25) is 0 Å². The van der Waals surface area contributed by atoms with Crippen LogP contribution in [0.1, 0.15) is 11.6 Å². The summed E-state index contributed by atoms with van der Waals surface area (Å²) >= 11 is 6.62. The lowest BCUT2D eigenvalue weighted by molar-refractivity contribution is 0.144. The Balaban J connectivity index is 2.37. The van der Waals surface area contributed by atoms with Crippen molar-refractivity contribution in [1.82, 2.24) is 15.1 Å². The van der Waals surface area contributed by atoms with Crippen LogP contribution in [0.3, 0.4) is 0 Å². The number of nitrogens with zero attached hydrogens (tertiary/aromatic N) is 2. The highest BCUT2D eigenvalue weighted by Gasteiger charge is 2.27. The Morgan fingerprint density at radius 3 is 2.45 bits per heavy atom. The maximum Gasteiger partial charge on any atom is 0.179 e. The maximum atomic E-state index is 6.62. The van der Waals surface area contributed by atoms with Gasteiger partial charge in [0.25, 0.3) is 0 Å². The number of ether oxygens (including phenoxy) is 2. The summed E-state index contributed by atoms with van der Waals surface area (Å²) in [6.07, 6.45) is 0. The van der Waals surface area contributed by atoms with Crippen molar-refractivity contribution in [2.45, 2.75) is 6.04 Å². The van der Waals surface area contributed by atoms with E-state index in [0.29, 0.717) is 16.5 Å². The molecule has 1 heterocycles. The summed E-state index contributed by atoms with van der Waals surface area (Å²) in [5, 5.41) is 4.04. The van der Waals surface area contributed by atoms with Crippen LogP contribution in [-0.2, 0) is 0 Å². The predicted molar refractivity (Wildman–Crippen MR) is 90.3 cm³/mol. The highest BCUT2D eigenvalue weighted by molar-refractivity contribution is 6.33. The van der Waals surface area contributed by atoms with Gasteiger partial charge in [0.1, 0.15) is 0 Å². The van der Waals surface area contributed by atoms with Gasteiger partial charge >= 0.3 is 0 Å². The van der Waals surface area contributed by atoms with Crippen LogP contribution >= 0.6 is 11.6 Å². The number of likely N-dealkylation sites (N-methyl/N-ethyl adjacent to an activating group) is 1. The lowest BCUT2D eigenvalue weighted by atomic mass is 10.0. The number of hydrogen-bond donors (Lipinski definition) is 1. The Bertz CT molecular complexity index is 491. The lowest BCUT2D eigenvalue weighted by Crippen LogP contribution is -2.47. The van der Waals surface area contributed by atoms with Gasteiger partial charge in [-0.2, -0.15) is 0 Å². The van der Waals surface area contributed by atoms with Gasteiger partial charge in [-0.1, -0.05) is 17.7 Å². The molecule has 1 aromatic rings. The molecule has 0 aliphatic carbocycles. The van der Waals surface area contributed by atoms with Crippen molar-refractivity contribution in [3.63, 3.8) is 0 Å². The standard InChI is InChI=1S/C16H26ClN3O2/c1-19(2)11-13(20-9-7-18-8-10-20)12-5-6-14(21-3)16(22-4)15(12)17/h5-6,13,18H,7-11H2,1-4H3. The van der Waals surface area contributed by atoms with Gasteiger partial charge in [-0.25, -0.2) is 0 Å². The van der Waals surface area contributed by atoms with Crippen LogP contribution in [0.25, 0.3) is 0 Å². The molecule has 1 unspecified atom stereocenters. The molecule has 5 nitrogen and oxygen atoms in total. The van der Waals surface area contributed by atoms with Crippen molar-refractivity contribution in [3.8, 4) is 11.5 Å². The minimum absolute atomic E-state index is 0.240. The first-order valence-electron chi connectivity index (χ1n) is 7.58. The molecule has 0 spiro atoms. The van der Waals surface area contributed by atoms with E-state index in [4.69, 9.17) is 21.1 Å². The fraction of sp³-hybridized carbons (Fsp3) is 0.625. The minimum Gasteiger partial charge on any atom is -0.493 e. The molecule has 1 saturated heterocycles. The quantitative estimate of drug-likeness (QED) is 0.863. The van der Waals surface area contributed by atoms with Crippen LogP contribution in [0, 0.1) is 0 Å². The second-order valence-corrected chi connectivity index (χ2v) is 6.15. The first kappa shape index (κ1) is 17.3. The van der Waals surface area contributed by atoms with E-state index in [2.05, 4.69) is 35.3 Å². The average molecular weight is 328 g/mol. The first-order chi connectivity index (χ1) is 10.6. The van der Waals surface area contributed by atoms with E-state index in [1.165, 1.54) is 0 Å². The van der Waals surface area contributed by atoms with Crippen LogP contribution in [0.4, 0.5) is 0 Å². The third-order valence-corrected chi connectivity index (χ3v) is 4.39. The zero-order chi connectivity index (χ0) is 16.1. The highest BCUT2D eigenvalue weighted by atomic mass is 35.5. The van der Waals surface area contributed by atoms with Crippen molar-refractivity contribution in [2.24, 2.45) is 0 Å². The molecule has 1 aromatic carbocycles. The van der Waals surface area contributed by atoms with E-state index in [1.807, 2.05) is 6.07 Å². The monoisotopic (exact) mass is 327 g/mol. The topological polar surface area (TPSA) is 37.0 Å². The molecule has 6 heteroatoms. The van der Waals surface area contributed by atoms with Crippen molar-refractivity contribution in [3.05, 3.63) is 22.7 Å². The fourth-order valence-electron chi connectivity index (χ4n) is 2.91. The van der Waals surface area contributed by atoms with E-state index in [0.717, 1.165) is 38.3 Å². The summed E-state index contributed by atoms with van der Waals surface area (Å²) in [7, 11) is 7.43. The Labute approximate surface area is 138 Å². The molecule has 1 atom stereocenters. The Kier molecular flexibility index (Phi) is 6.32. The number of rotatable bonds is 6. The number of methoxy groups -OCH3 is 2. The number of hydrogen-bond acceptors (Lipinski definition) is 5. The summed E-state index contributed by atoms with van der Waals surface area (Å²) in [5.41, 5.74) is 1.09. The summed E-state index contributed by atoms with van der Waals surface area (Å²) in [4.78, 5) is 4.67. The van der Waals surface area contributed by atoms with Crippen molar-refractivity contribution < 1.29 is 9.47 Å². The van der Waals surface area contributed by atoms with Gasteiger partial charge in [-0.3, -0.25) is 4.90 Å². The minimum atomic E-state index is 0.240. The average Bonchev–Trinajstić information content (AvgIpc) is 2.53. The Morgan fingerprint density at radius 1 is 1.23 bits per heavy atom. The van der Waals surface area contributed by atoms with Gasteiger partial charge in [-0.05, 0) is 25.7 Å². The van der Waals surface area contributed by atoms with Crippen molar-refractivity contribution in [1.29, 1.82) is 0 Å². The second kappa shape index (κ2) is 8.02. The lowest BCUT2D eigenvalue weighted by Gasteiger charge is -2.37. The molecule has 1 N–H and O–H groups in total. The number of nitrogens with one attached hydrogen (secondary N) is 1. The summed E-state index contributed by atoms with van der Waals surface area (Å²) in [6.45, 7) is 4.96. The molecule has 22 heavy (non-hydrogen) atoms. The van der Waals surface area contributed by atoms with E-state index in [9.17, 15) is 0 Å². The second-order valence-electron chi connectivity index (χ2n) is 5.77. The molecule has 0 bridgehead atoms. The molecule has 124 valence electrons. The zero-order valence-corrected chi connectivity index (χ0v) is 14.6. The van der Waals surface area contributed by atoms with Crippen LogP contribution in [0.5, 0.6) is 11.5 Å².